The Bertz CT molecular complexity index is 1730. The van der Waals surface area contributed by atoms with Crippen LogP contribution < -0.4 is 5.32 Å². The monoisotopic (exact) mass is 670 g/mol. The number of fused-ring (bicyclic) bond motifs is 2. The highest BCUT2D eigenvalue weighted by atomic mass is 16.6. The number of benzene rings is 2. The number of allylic oxidation sites excluding steroid dienone is 1. The maximum absolute atomic E-state index is 14.7. The third-order valence-electron chi connectivity index (χ3n) is 9.86. The number of carbonyl (C=O) groups is 4. The van der Waals surface area contributed by atoms with Gasteiger partial charge in [-0.15, -0.1) is 18.3 Å². The highest BCUT2D eigenvalue weighted by Gasteiger charge is 2.75. The van der Waals surface area contributed by atoms with Gasteiger partial charge in [0.2, 0.25) is 17.7 Å². The lowest BCUT2D eigenvalue weighted by atomic mass is 9.70. The van der Waals surface area contributed by atoms with Gasteiger partial charge in [0.1, 0.15) is 29.9 Å². The molecule has 3 amide bonds. The minimum atomic E-state index is -1.31. The van der Waals surface area contributed by atoms with E-state index in [9.17, 15) is 24.3 Å². The average molecular weight is 671 g/mol. The summed E-state index contributed by atoms with van der Waals surface area (Å²) in [7, 11) is 0. The van der Waals surface area contributed by atoms with E-state index < -0.39 is 66.1 Å². The molecule has 3 aromatic rings. The Hall–Kier alpha value is -4.88. The molecule has 0 radical (unpaired) electrons. The van der Waals surface area contributed by atoms with Crippen LogP contribution in [0.25, 0.3) is 11.0 Å². The number of carbonyl (C=O) groups excluding carboxylic acids is 4. The second kappa shape index (κ2) is 14.3. The number of esters is 1. The number of hydrogen-bond acceptors (Lipinski definition) is 9. The predicted octanol–water partition coefficient (Wildman–Crippen LogP) is 2.53. The second-order valence-corrected chi connectivity index (χ2v) is 12.9. The van der Waals surface area contributed by atoms with Crippen LogP contribution in [0.5, 0.6) is 0 Å². The molecule has 3 saturated heterocycles. The number of amides is 3. The van der Waals surface area contributed by atoms with Crippen LogP contribution in [0.4, 0.5) is 0 Å². The lowest BCUT2D eigenvalue weighted by Crippen LogP contribution is -2.58. The quantitative estimate of drug-likeness (QED) is 0.183. The minimum Gasteiger partial charge on any atom is -0.455 e. The lowest BCUT2D eigenvalue weighted by molar-refractivity contribution is -0.161. The molecule has 3 aliphatic heterocycles. The van der Waals surface area contributed by atoms with Crippen molar-refractivity contribution < 1.29 is 33.8 Å². The Balaban J connectivity index is 1.29. The van der Waals surface area contributed by atoms with Gasteiger partial charge in [0.15, 0.2) is 0 Å². The highest BCUT2D eigenvalue weighted by molar-refractivity contribution is 5.98. The SMILES string of the molecule is C=CCCC(=O)NC[C@H](OC(=O)[C@@H]1[C@H]2C(=O)N([C@H](C)CO)[C@H](C(=O)N(CC=C)Cn3nnc4ccccc43)[C@]23CC[C@H]1O3)c1ccccc1. The molecule has 1 spiro atoms. The molecule has 4 heterocycles. The summed E-state index contributed by atoms with van der Waals surface area (Å²) in [6.07, 6.45) is 3.36. The van der Waals surface area contributed by atoms with Gasteiger partial charge in [-0.05, 0) is 43.9 Å². The fraction of sp³-hybridized carbons (Fsp3) is 0.444. The van der Waals surface area contributed by atoms with Crippen molar-refractivity contribution in [2.45, 2.75) is 69.2 Å². The standard InChI is InChI=1S/C36H42N6O7/c1-4-6-16-29(44)37-20-28(24-12-8-7-9-13-24)48-35(47)30-27-17-18-36(49-27)31(30)33(45)42(23(3)21-43)32(36)34(46)40(19-5-2)22-41-26-15-11-10-14-25(26)38-39-41/h4-5,7-15,23,27-28,30-32,43H,1-2,6,16-22H2,3H3,(H,37,44)/t23-,27-,28+,30+,31+,32-,36+/m1/s1. The number of nitrogens with zero attached hydrogens (tertiary/aromatic N) is 5. The Labute approximate surface area is 284 Å². The molecule has 0 aliphatic carbocycles. The van der Waals surface area contributed by atoms with E-state index in [0.29, 0.717) is 30.3 Å². The number of aromatic nitrogens is 3. The summed E-state index contributed by atoms with van der Waals surface area (Å²) in [4.78, 5) is 58.5. The van der Waals surface area contributed by atoms with Crippen molar-refractivity contribution in [3.63, 3.8) is 0 Å². The molecular weight excluding hydrogens is 628 g/mol. The Morgan fingerprint density at radius 3 is 2.65 bits per heavy atom. The third-order valence-corrected chi connectivity index (χ3v) is 9.86. The molecule has 2 N–H and O–H groups in total. The van der Waals surface area contributed by atoms with Crippen LogP contribution in [0.3, 0.4) is 0 Å². The summed E-state index contributed by atoms with van der Waals surface area (Å²) in [5.41, 5.74) is 0.773. The molecule has 3 aliphatic rings. The van der Waals surface area contributed by atoms with Crippen LogP contribution >= 0.6 is 0 Å². The number of ether oxygens (including phenoxy) is 2. The maximum atomic E-state index is 14.7. The molecule has 13 nitrogen and oxygen atoms in total. The van der Waals surface area contributed by atoms with Crippen LogP contribution in [0.1, 0.15) is 44.3 Å². The van der Waals surface area contributed by atoms with Crippen LogP contribution in [0, 0.1) is 11.8 Å². The van der Waals surface area contributed by atoms with E-state index >= 15 is 0 Å². The molecule has 2 aromatic carbocycles. The van der Waals surface area contributed by atoms with Gasteiger partial charge in [-0.3, -0.25) is 19.2 Å². The normalized spacial score (nSPS) is 25.1. The number of hydrogen-bond donors (Lipinski definition) is 2. The molecule has 0 unspecified atom stereocenters. The zero-order valence-electron chi connectivity index (χ0n) is 27.5. The molecule has 6 rings (SSSR count). The minimum absolute atomic E-state index is 0.0321. The van der Waals surface area contributed by atoms with Crippen LogP contribution in [0.15, 0.2) is 79.9 Å². The fourth-order valence-electron chi connectivity index (χ4n) is 7.57. The van der Waals surface area contributed by atoms with Crippen molar-refractivity contribution >= 4 is 34.7 Å². The van der Waals surface area contributed by atoms with Gasteiger partial charge >= 0.3 is 5.97 Å². The number of aliphatic hydroxyl groups is 1. The molecular formula is C36H42N6O7. The van der Waals surface area contributed by atoms with E-state index in [1.165, 1.54) is 9.80 Å². The molecule has 2 bridgehead atoms. The highest BCUT2D eigenvalue weighted by Crippen LogP contribution is 2.59. The smallest absolute Gasteiger partial charge is 0.313 e. The van der Waals surface area contributed by atoms with Gasteiger partial charge < -0.3 is 29.7 Å². The zero-order valence-corrected chi connectivity index (χ0v) is 27.5. The Kier molecular flexibility index (Phi) is 9.93. The van der Waals surface area contributed by atoms with E-state index in [-0.39, 0.29) is 32.1 Å². The van der Waals surface area contributed by atoms with Crippen molar-refractivity contribution in [2.24, 2.45) is 11.8 Å². The Morgan fingerprint density at radius 1 is 1.16 bits per heavy atom. The second-order valence-electron chi connectivity index (χ2n) is 12.9. The first kappa shape index (κ1) is 34.0. The topological polar surface area (TPSA) is 156 Å². The predicted molar refractivity (Wildman–Crippen MR) is 178 cm³/mol. The summed E-state index contributed by atoms with van der Waals surface area (Å²) in [5, 5.41) is 21.5. The number of rotatable bonds is 15. The number of para-hydroxylation sites is 1. The first-order valence-electron chi connectivity index (χ1n) is 16.7. The van der Waals surface area contributed by atoms with Gasteiger partial charge in [-0.2, -0.15) is 0 Å². The van der Waals surface area contributed by atoms with Crippen LogP contribution in [0.2, 0.25) is 0 Å². The van der Waals surface area contributed by atoms with Crippen molar-refractivity contribution in [1.82, 2.24) is 30.1 Å². The van der Waals surface area contributed by atoms with Gasteiger partial charge in [-0.1, -0.05) is 59.8 Å². The summed E-state index contributed by atoms with van der Waals surface area (Å²) in [5.74, 6) is -3.68. The molecule has 13 heteroatoms. The molecule has 1 aromatic heterocycles. The van der Waals surface area contributed by atoms with E-state index in [0.717, 1.165) is 5.52 Å². The van der Waals surface area contributed by atoms with E-state index in [4.69, 9.17) is 9.47 Å². The van der Waals surface area contributed by atoms with E-state index in [1.54, 1.807) is 35.9 Å². The number of aliphatic hydroxyl groups excluding tert-OH is 1. The molecule has 7 atom stereocenters. The summed E-state index contributed by atoms with van der Waals surface area (Å²) in [6.45, 7) is 8.98. The average Bonchev–Trinajstić information content (AvgIpc) is 3.88. The van der Waals surface area contributed by atoms with Gasteiger partial charge in [0.25, 0.3) is 0 Å². The van der Waals surface area contributed by atoms with Crippen molar-refractivity contribution in [3.8, 4) is 0 Å². The Morgan fingerprint density at radius 2 is 1.92 bits per heavy atom. The van der Waals surface area contributed by atoms with Gasteiger partial charge in [0.05, 0.1) is 42.6 Å². The van der Waals surface area contributed by atoms with Crippen LogP contribution in [-0.2, 0) is 35.3 Å². The summed E-state index contributed by atoms with van der Waals surface area (Å²) < 4.78 is 14.3. The van der Waals surface area contributed by atoms with E-state index in [1.807, 2.05) is 42.5 Å². The molecule has 49 heavy (non-hydrogen) atoms. The number of nitrogens with one attached hydrogen (secondary N) is 1. The maximum Gasteiger partial charge on any atom is 0.313 e. The molecule has 258 valence electrons. The van der Waals surface area contributed by atoms with Crippen molar-refractivity contribution in [3.05, 3.63) is 85.5 Å². The first-order valence-corrected chi connectivity index (χ1v) is 16.7. The first-order chi connectivity index (χ1) is 23.7. The van der Waals surface area contributed by atoms with Crippen molar-refractivity contribution in [2.75, 3.05) is 19.7 Å². The van der Waals surface area contributed by atoms with Gasteiger partial charge in [-0.25, -0.2) is 4.68 Å². The number of likely N-dealkylation sites (tertiary alicyclic amines) is 1. The van der Waals surface area contributed by atoms with Crippen molar-refractivity contribution in [1.29, 1.82) is 0 Å². The molecule has 3 fully saturated rings. The summed E-state index contributed by atoms with van der Waals surface area (Å²) in [6, 6.07) is 14.6. The summed E-state index contributed by atoms with van der Waals surface area (Å²) >= 11 is 0. The largest absolute Gasteiger partial charge is 0.455 e. The third kappa shape index (κ3) is 6.24. The zero-order chi connectivity index (χ0) is 34.7. The molecule has 0 saturated carbocycles. The fourth-order valence-corrected chi connectivity index (χ4v) is 7.57. The lowest BCUT2D eigenvalue weighted by Gasteiger charge is -2.38. The van der Waals surface area contributed by atoms with E-state index in [2.05, 4.69) is 28.8 Å². The van der Waals surface area contributed by atoms with Crippen LogP contribution in [-0.4, -0.2) is 97.1 Å². The van der Waals surface area contributed by atoms with Gasteiger partial charge in [0, 0.05) is 13.0 Å².